The smallest absolute Gasteiger partial charge is 0.340 e. The molecule has 230 valence electrons. The SMILES string of the molecule is CCN1C[C@]2(OC(=O)c3ccccc3NC(C)=O)CC[C@H](OC)[C@]34C1C(CC23)[C@@]1(O)CC(OC)[C@H]2CC4[C@]1(O)[C@H]2OC. The van der Waals surface area contributed by atoms with Gasteiger partial charge < -0.3 is 34.5 Å². The number of nitrogens with zero attached hydrogens (tertiary/aromatic N) is 1. The molecule has 1 spiro atoms. The minimum Gasteiger partial charge on any atom is -0.454 e. The molecule has 10 nitrogen and oxygen atoms in total. The average molecular weight is 585 g/mol. The number of methoxy groups -OCH3 is 3. The van der Waals surface area contributed by atoms with Gasteiger partial charge in [-0.3, -0.25) is 9.69 Å². The predicted octanol–water partition coefficient (Wildman–Crippen LogP) is 2.22. The van der Waals surface area contributed by atoms with Gasteiger partial charge in [-0.1, -0.05) is 19.1 Å². The quantitative estimate of drug-likeness (QED) is 0.414. The molecule has 7 bridgehead atoms. The minimum atomic E-state index is -1.48. The fraction of sp³-hybridized carbons (Fsp3) is 0.750. The molecule has 1 amide bonds. The minimum absolute atomic E-state index is 0.0432. The molecule has 1 saturated heterocycles. The number of esters is 1. The van der Waals surface area contributed by atoms with E-state index in [0.717, 1.165) is 0 Å². The predicted molar refractivity (Wildman–Crippen MR) is 152 cm³/mol. The van der Waals surface area contributed by atoms with Crippen molar-refractivity contribution in [2.75, 3.05) is 39.7 Å². The average Bonchev–Trinajstić information content (AvgIpc) is 3.39. The van der Waals surface area contributed by atoms with Gasteiger partial charge in [0, 0.05) is 76.3 Å². The van der Waals surface area contributed by atoms with Crippen LogP contribution in [0.4, 0.5) is 5.69 Å². The van der Waals surface area contributed by atoms with Crippen LogP contribution >= 0.6 is 0 Å². The number of benzene rings is 1. The molecule has 5 saturated carbocycles. The van der Waals surface area contributed by atoms with Gasteiger partial charge in [-0.15, -0.1) is 0 Å². The highest BCUT2D eigenvalue weighted by molar-refractivity contribution is 6.00. The summed E-state index contributed by atoms with van der Waals surface area (Å²) in [5.41, 5.74) is -3.57. The molecule has 3 N–H and O–H groups in total. The number of rotatable bonds is 7. The Morgan fingerprint density at radius 3 is 2.50 bits per heavy atom. The zero-order valence-electron chi connectivity index (χ0n) is 25.2. The Kier molecular flexibility index (Phi) is 6.46. The first-order valence-electron chi connectivity index (χ1n) is 15.4. The third-order valence-corrected chi connectivity index (χ3v) is 12.6. The fourth-order valence-corrected chi connectivity index (χ4v) is 11.6. The van der Waals surface area contributed by atoms with Gasteiger partial charge in [0.1, 0.15) is 16.8 Å². The lowest BCUT2D eigenvalue weighted by Crippen LogP contribution is -2.83. The molecule has 1 aromatic rings. The summed E-state index contributed by atoms with van der Waals surface area (Å²) in [4.78, 5) is 28.3. The number of carbonyl (C=O) groups is 2. The lowest BCUT2D eigenvalue weighted by atomic mass is 9.44. The standard InChI is InChI=1S/C32H44N2O8/c1-6-34-16-29(42-28(36)18-9-7-8-10-21(18)33-17(2)35)12-11-25(40-4)31-23(29)14-20(26(31)34)30(37)15-22(39-3)19-13-24(31)32(30,38)27(19)41-5/h7-10,19-20,22-27,37-38H,6,11-16H2,1-5H3,(H,33,35)/t19-,20?,22?,23?,24?,25+,26?,27+,29-,30+,31+,32+/m1/s1. The van der Waals surface area contributed by atoms with Crippen molar-refractivity contribution < 1.29 is 38.7 Å². The Morgan fingerprint density at radius 2 is 1.83 bits per heavy atom. The summed E-state index contributed by atoms with van der Waals surface area (Å²) in [5, 5.41) is 28.4. The van der Waals surface area contributed by atoms with E-state index >= 15 is 0 Å². The van der Waals surface area contributed by atoms with Crippen LogP contribution in [-0.2, 0) is 23.7 Å². The fourth-order valence-electron chi connectivity index (χ4n) is 11.6. The first-order valence-corrected chi connectivity index (χ1v) is 15.4. The number of piperidine rings is 1. The number of para-hydroxylation sites is 1. The maximum atomic E-state index is 14.0. The highest BCUT2D eigenvalue weighted by Gasteiger charge is 2.89. The van der Waals surface area contributed by atoms with Crippen molar-refractivity contribution in [1.29, 1.82) is 0 Å². The molecule has 42 heavy (non-hydrogen) atoms. The number of amides is 1. The summed E-state index contributed by atoms with van der Waals surface area (Å²) in [6, 6.07) is 6.89. The van der Waals surface area contributed by atoms with E-state index in [1.165, 1.54) is 6.92 Å². The number of anilines is 1. The van der Waals surface area contributed by atoms with Gasteiger partial charge in [-0.25, -0.2) is 4.79 Å². The summed E-state index contributed by atoms with van der Waals surface area (Å²) in [7, 11) is 5.05. The third kappa shape index (κ3) is 3.21. The number of ether oxygens (including phenoxy) is 4. The summed E-state index contributed by atoms with van der Waals surface area (Å²) in [6.45, 7) is 4.79. The molecular weight excluding hydrogens is 540 g/mol. The largest absolute Gasteiger partial charge is 0.454 e. The van der Waals surface area contributed by atoms with Crippen LogP contribution in [0.2, 0.25) is 0 Å². The number of likely N-dealkylation sites (tertiary alicyclic amines) is 1. The van der Waals surface area contributed by atoms with Crippen LogP contribution in [0.25, 0.3) is 0 Å². The van der Waals surface area contributed by atoms with Crippen LogP contribution < -0.4 is 5.32 Å². The second-order valence-corrected chi connectivity index (χ2v) is 13.7. The molecule has 1 heterocycles. The van der Waals surface area contributed by atoms with Gasteiger partial charge in [-0.2, -0.15) is 0 Å². The molecule has 10 heteroatoms. The lowest BCUT2D eigenvalue weighted by molar-refractivity contribution is -0.337. The summed E-state index contributed by atoms with van der Waals surface area (Å²) < 4.78 is 25.1. The Morgan fingerprint density at radius 1 is 1.07 bits per heavy atom. The molecule has 1 aromatic carbocycles. The maximum absolute atomic E-state index is 14.0. The molecule has 5 aliphatic carbocycles. The number of fused-ring (bicyclic) bond motifs is 2. The Balaban J connectivity index is 1.38. The van der Waals surface area contributed by atoms with E-state index in [1.807, 2.05) is 0 Å². The number of nitrogens with one attached hydrogen (secondary N) is 1. The van der Waals surface area contributed by atoms with Crippen molar-refractivity contribution >= 4 is 17.6 Å². The molecule has 6 aliphatic rings. The van der Waals surface area contributed by atoms with Gasteiger partial charge in [0.15, 0.2) is 0 Å². The van der Waals surface area contributed by atoms with Crippen LogP contribution in [-0.4, -0.2) is 103 Å². The molecule has 5 unspecified atom stereocenters. The van der Waals surface area contributed by atoms with E-state index in [0.29, 0.717) is 56.4 Å². The molecule has 0 radical (unpaired) electrons. The van der Waals surface area contributed by atoms with Gasteiger partial charge in [-0.05, 0) is 44.4 Å². The molecular formula is C32H44N2O8. The Bertz CT molecular complexity index is 1290. The van der Waals surface area contributed by atoms with Gasteiger partial charge >= 0.3 is 5.97 Å². The van der Waals surface area contributed by atoms with E-state index in [-0.39, 0.29) is 47.8 Å². The number of carbonyl (C=O) groups excluding carboxylic acids is 2. The zero-order chi connectivity index (χ0) is 29.8. The summed E-state index contributed by atoms with van der Waals surface area (Å²) in [6.07, 6.45) is 1.91. The van der Waals surface area contributed by atoms with E-state index in [4.69, 9.17) is 18.9 Å². The van der Waals surface area contributed by atoms with Crippen molar-refractivity contribution in [3.05, 3.63) is 29.8 Å². The maximum Gasteiger partial charge on any atom is 0.340 e. The van der Waals surface area contributed by atoms with E-state index in [9.17, 15) is 19.8 Å². The summed E-state index contributed by atoms with van der Waals surface area (Å²) in [5.74, 6) is -1.54. The Hall–Kier alpha value is -2.08. The number of hydrogen-bond acceptors (Lipinski definition) is 9. The van der Waals surface area contributed by atoms with Crippen LogP contribution in [0.5, 0.6) is 0 Å². The van der Waals surface area contributed by atoms with E-state index < -0.39 is 34.3 Å². The molecule has 1 aliphatic heterocycles. The molecule has 0 aromatic heterocycles. The molecule has 6 fully saturated rings. The van der Waals surface area contributed by atoms with Gasteiger partial charge in [0.05, 0.1) is 29.6 Å². The first kappa shape index (κ1) is 28.7. The van der Waals surface area contributed by atoms with Crippen molar-refractivity contribution in [3.8, 4) is 0 Å². The van der Waals surface area contributed by atoms with Crippen molar-refractivity contribution in [1.82, 2.24) is 4.90 Å². The van der Waals surface area contributed by atoms with Crippen molar-refractivity contribution in [2.45, 2.75) is 87.1 Å². The number of hydrogen-bond donors (Lipinski definition) is 3. The van der Waals surface area contributed by atoms with E-state index in [2.05, 4.69) is 17.1 Å². The van der Waals surface area contributed by atoms with Crippen LogP contribution in [0, 0.1) is 29.1 Å². The highest BCUT2D eigenvalue weighted by Crippen LogP contribution is 2.79. The third-order valence-electron chi connectivity index (χ3n) is 12.6. The van der Waals surface area contributed by atoms with Gasteiger partial charge in [0.2, 0.25) is 5.91 Å². The van der Waals surface area contributed by atoms with Crippen molar-refractivity contribution in [2.24, 2.45) is 29.1 Å². The van der Waals surface area contributed by atoms with Crippen LogP contribution in [0.15, 0.2) is 24.3 Å². The van der Waals surface area contributed by atoms with Crippen molar-refractivity contribution in [3.63, 3.8) is 0 Å². The highest BCUT2D eigenvalue weighted by atomic mass is 16.6. The molecule has 12 atom stereocenters. The number of likely N-dealkylation sites (N-methyl/N-ethyl adjacent to an activating group) is 1. The lowest BCUT2D eigenvalue weighted by Gasteiger charge is -2.70. The number of aliphatic hydroxyl groups is 2. The Labute approximate surface area is 247 Å². The second-order valence-electron chi connectivity index (χ2n) is 13.7. The normalized spacial score (nSPS) is 48.2. The second kappa shape index (κ2) is 9.46. The van der Waals surface area contributed by atoms with E-state index in [1.54, 1.807) is 45.6 Å². The topological polar surface area (TPSA) is 127 Å². The van der Waals surface area contributed by atoms with Crippen LogP contribution in [0.1, 0.15) is 56.3 Å². The van der Waals surface area contributed by atoms with Gasteiger partial charge in [0.25, 0.3) is 0 Å². The zero-order valence-corrected chi connectivity index (χ0v) is 25.2. The first-order chi connectivity index (χ1) is 20.1. The monoisotopic (exact) mass is 584 g/mol. The summed E-state index contributed by atoms with van der Waals surface area (Å²) >= 11 is 0. The molecule has 7 rings (SSSR count). The van der Waals surface area contributed by atoms with Crippen LogP contribution in [0.3, 0.4) is 0 Å².